The van der Waals surface area contributed by atoms with Crippen molar-refractivity contribution in [3.63, 3.8) is 0 Å². The molecule has 96 valence electrons. The molecule has 5 heteroatoms. The fourth-order valence-electron chi connectivity index (χ4n) is 1.76. The molecule has 0 saturated heterocycles. The summed E-state index contributed by atoms with van der Waals surface area (Å²) < 4.78 is 2.98. The molecular formula is C13H15ClIN3. The van der Waals surface area contributed by atoms with Gasteiger partial charge >= 0.3 is 0 Å². The van der Waals surface area contributed by atoms with Crippen molar-refractivity contribution in [2.45, 2.75) is 19.9 Å². The minimum absolute atomic E-state index is 0.763. The van der Waals surface area contributed by atoms with E-state index in [1.54, 1.807) is 0 Å². The van der Waals surface area contributed by atoms with Crippen LogP contribution in [0.5, 0.6) is 0 Å². The van der Waals surface area contributed by atoms with Crippen LogP contribution in [-0.2, 0) is 6.54 Å². The van der Waals surface area contributed by atoms with E-state index in [9.17, 15) is 0 Å². The molecule has 0 aliphatic carbocycles. The third-order valence-electron chi connectivity index (χ3n) is 2.62. The number of rotatable bonds is 5. The van der Waals surface area contributed by atoms with Gasteiger partial charge in [-0.25, -0.2) is 4.68 Å². The first-order chi connectivity index (χ1) is 8.72. The Balaban J connectivity index is 2.31. The Kier molecular flexibility index (Phi) is 5.03. The van der Waals surface area contributed by atoms with Crippen molar-refractivity contribution >= 4 is 34.2 Å². The molecule has 0 bridgehead atoms. The molecule has 2 rings (SSSR count). The predicted molar refractivity (Wildman–Crippen MR) is 83.3 cm³/mol. The zero-order valence-corrected chi connectivity index (χ0v) is 13.1. The van der Waals surface area contributed by atoms with Gasteiger partial charge in [-0.05, 0) is 47.7 Å². The van der Waals surface area contributed by atoms with Gasteiger partial charge in [-0.1, -0.05) is 24.6 Å². The summed E-state index contributed by atoms with van der Waals surface area (Å²) in [4.78, 5) is 0. The molecule has 0 radical (unpaired) electrons. The van der Waals surface area contributed by atoms with E-state index in [4.69, 9.17) is 11.6 Å². The Morgan fingerprint density at radius 1 is 1.44 bits per heavy atom. The van der Waals surface area contributed by atoms with Crippen LogP contribution in [0.25, 0.3) is 5.69 Å². The summed E-state index contributed by atoms with van der Waals surface area (Å²) in [6.45, 7) is 3.90. The van der Waals surface area contributed by atoms with Gasteiger partial charge in [0.15, 0.2) is 0 Å². The van der Waals surface area contributed by atoms with Crippen LogP contribution in [0.2, 0.25) is 5.02 Å². The molecule has 18 heavy (non-hydrogen) atoms. The lowest BCUT2D eigenvalue weighted by Crippen LogP contribution is -2.16. The molecular weight excluding hydrogens is 361 g/mol. The second kappa shape index (κ2) is 6.54. The molecule has 0 fully saturated rings. The van der Waals surface area contributed by atoms with Gasteiger partial charge in [0.05, 0.1) is 15.5 Å². The standard InChI is InChI=1S/C13H15ClIN3/c1-2-6-16-8-11-12(14)4-3-5-13(11)18-9-10(15)7-17-18/h3-5,7,9,16H,2,6,8H2,1H3. The van der Waals surface area contributed by atoms with Crippen LogP contribution in [0, 0.1) is 3.57 Å². The van der Waals surface area contributed by atoms with Crippen molar-refractivity contribution in [2.24, 2.45) is 0 Å². The van der Waals surface area contributed by atoms with Gasteiger partial charge in [-0.15, -0.1) is 0 Å². The molecule has 3 nitrogen and oxygen atoms in total. The zero-order chi connectivity index (χ0) is 13.0. The summed E-state index contributed by atoms with van der Waals surface area (Å²) in [7, 11) is 0. The zero-order valence-electron chi connectivity index (χ0n) is 10.2. The lowest BCUT2D eigenvalue weighted by Gasteiger charge is -2.12. The Hall–Kier alpha value is -0.590. The monoisotopic (exact) mass is 375 g/mol. The second-order valence-electron chi connectivity index (χ2n) is 4.02. The average Bonchev–Trinajstić information content (AvgIpc) is 2.78. The maximum atomic E-state index is 6.28. The minimum atomic E-state index is 0.763. The maximum absolute atomic E-state index is 6.28. The van der Waals surface area contributed by atoms with Gasteiger partial charge in [-0.3, -0.25) is 0 Å². The summed E-state index contributed by atoms with van der Waals surface area (Å²) in [5.41, 5.74) is 2.13. The van der Waals surface area contributed by atoms with Crippen LogP contribution in [0.1, 0.15) is 18.9 Å². The first-order valence-electron chi connectivity index (χ1n) is 5.91. The maximum Gasteiger partial charge on any atom is 0.0705 e. The molecule has 1 aromatic carbocycles. The van der Waals surface area contributed by atoms with E-state index in [1.807, 2.05) is 35.3 Å². The third-order valence-corrected chi connectivity index (χ3v) is 3.53. The van der Waals surface area contributed by atoms with E-state index in [-0.39, 0.29) is 0 Å². The van der Waals surface area contributed by atoms with Crippen LogP contribution >= 0.6 is 34.2 Å². The molecule has 1 N–H and O–H groups in total. The second-order valence-corrected chi connectivity index (χ2v) is 5.67. The lowest BCUT2D eigenvalue weighted by molar-refractivity contribution is 0.670. The van der Waals surface area contributed by atoms with E-state index in [1.165, 1.54) is 0 Å². The van der Waals surface area contributed by atoms with Crippen LogP contribution in [-0.4, -0.2) is 16.3 Å². The van der Waals surface area contributed by atoms with Crippen molar-refractivity contribution in [1.82, 2.24) is 15.1 Å². The first kappa shape index (κ1) is 13.8. The van der Waals surface area contributed by atoms with Crippen LogP contribution in [0.3, 0.4) is 0 Å². The molecule has 0 atom stereocenters. The first-order valence-corrected chi connectivity index (χ1v) is 7.36. The quantitative estimate of drug-likeness (QED) is 0.639. The van der Waals surface area contributed by atoms with Gasteiger partial charge in [-0.2, -0.15) is 5.10 Å². The number of nitrogens with one attached hydrogen (secondary N) is 1. The minimum Gasteiger partial charge on any atom is -0.313 e. The van der Waals surface area contributed by atoms with Crippen molar-refractivity contribution in [3.05, 3.63) is 44.7 Å². The highest BCUT2D eigenvalue weighted by Crippen LogP contribution is 2.23. The van der Waals surface area contributed by atoms with E-state index >= 15 is 0 Å². The molecule has 0 amide bonds. The highest BCUT2D eigenvalue weighted by Gasteiger charge is 2.09. The summed E-state index contributed by atoms with van der Waals surface area (Å²) in [5.74, 6) is 0. The Morgan fingerprint density at radius 2 is 2.28 bits per heavy atom. The van der Waals surface area contributed by atoms with Crippen LogP contribution in [0.4, 0.5) is 0 Å². The molecule has 0 aliphatic heterocycles. The molecule has 0 unspecified atom stereocenters. The number of hydrogen-bond donors (Lipinski definition) is 1. The van der Waals surface area contributed by atoms with Crippen LogP contribution in [0.15, 0.2) is 30.6 Å². The van der Waals surface area contributed by atoms with Gasteiger partial charge in [0, 0.05) is 23.3 Å². The number of aromatic nitrogens is 2. The molecule has 2 aromatic rings. The van der Waals surface area contributed by atoms with Gasteiger partial charge in [0.2, 0.25) is 0 Å². The fraction of sp³-hybridized carbons (Fsp3) is 0.308. The van der Waals surface area contributed by atoms with E-state index in [2.05, 4.69) is 39.9 Å². The van der Waals surface area contributed by atoms with E-state index < -0.39 is 0 Å². The van der Waals surface area contributed by atoms with Crippen molar-refractivity contribution in [2.75, 3.05) is 6.54 Å². The van der Waals surface area contributed by atoms with Gasteiger partial charge in [0.25, 0.3) is 0 Å². The van der Waals surface area contributed by atoms with Gasteiger partial charge < -0.3 is 5.32 Å². The summed E-state index contributed by atoms with van der Waals surface area (Å²) in [6.07, 6.45) is 4.94. The van der Waals surface area contributed by atoms with E-state index in [0.717, 1.165) is 39.4 Å². The summed E-state index contributed by atoms with van der Waals surface area (Å²) in [5, 5.41) is 8.50. The molecule has 0 saturated carbocycles. The normalized spacial score (nSPS) is 10.8. The Labute approximate surface area is 126 Å². The number of halogens is 2. The third kappa shape index (κ3) is 3.24. The van der Waals surface area contributed by atoms with Crippen molar-refractivity contribution in [1.29, 1.82) is 0 Å². The van der Waals surface area contributed by atoms with E-state index in [0.29, 0.717) is 0 Å². The molecule has 1 heterocycles. The van der Waals surface area contributed by atoms with Crippen molar-refractivity contribution in [3.8, 4) is 5.69 Å². The largest absolute Gasteiger partial charge is 0.313 e. The number of benzene rings is 1. The average molecular weight is 376 g/mol. The molecule has 0 aliphatic rings. The Bertz CT molecular complexity index is 525. The predicted octanol–water partition coefficient (Wildman–Crippen LogP) is 3.63. The summed E-state index contributed by atoms with van der Waals surface area (Å²) in [6, 6.07) is 5.91. The number of nitrogens with zero attached hydrogens (tertiary/aromatic N) is 2. The fourth-order valence-corrected chi connectivity index (χ4v) is 2.38. The molecule has 1 aromatic heterocycles. The SMILES string of the molecule is CCCNCc1c(Cl)cccc1-n1cc(I)cn1. The summed E-state index contributed by atoms with van der Waals surface area (Å²) >= 11 is 8.53. The topological polar surface area (TPSA) is 29.9 Å². The highest BCUT2D eigenvalue weighted by atomic mass is 127. The number of hydrogen-bond acceptors (Lipinski definition) is 2. The van der Waals surface area contributed by atoms with Crippen LogP contribution < -0.4 is 5.32 Å². The Morgan fingerprint density at radius 3 is 2.94 bits per heavy atom. The van der Waals surface area contributed by atoms with Gasteiger partial charge in [0.1, 0.15) is 0 Å². The smallest absolute Gasteiger partial charge is 0.0705 e. The lowest BCUT2D eigenvalue weighted by atomic mass is 10.1. The molecule has 0 spiro atoms. The van der Waals surface area contributed by atoms with Crippen molar-refractivity contribution < 1.29 is 0 Å². The highest BCUT2D eigenvalue weighted by molar-refractivity contribution is 14.1.